The zero-order valence-electron chi connectivity index (χ0n) is 11.3. The van der Waals surface area contributed by atoms with Crippen molar-refractivity contribution in [1.82, 2.24) is 5.32 Å². The summed E-state index contributed by atoms with van der Waals surface area (Å²) in [5.41, 5.74) is -0.705. The van der Waals surface area contributed by atoms with Crippen LogP contribution in [0.4, 0.5) is 10.5 Å². The van der Waals surface area contributed by atoms with E-state index < -0.39 is 17.5 Å². The lowest BCUT2D eigenvalue weighted by Gasteiger charge is -2.33. The number of hydrogen-bond acceptors (Lipinski definition) is 2. The van der Waals surface area contributed by atoms with Gasteiger partial charge in [0.15, 0.2) is 0 Å². The van der Waals surface area contributed by atoms with E-state index in [4.69, 9.17) is 11.6 Å². The van der Waals surface area contributed by atoms with Crippen LogP contribution in [0.5, 0.6) is 0 Å². The Labute approximate surface area is 141 Å². The van der Waals surface area contributed by atoms with Crippen molar-refractivity contribution < 1.29 is 14.7 Å². The van der Waals surface area contributed by atoms with Crippen LogP contribution in [0.2, 0.25) is 5.02 Å². The highest BCUT2D eigenvalue weighted by molar-refractivity contribution is 14.1. The molecule has 1 aliphatic rings. The first-order valence-corrected chi connectivity index (χ1v) is 8.16. The van der Waals surface area contributed by atoms with Crippen molar-refractivity contribution in [3.63, 3.8) is 0 Å². The third-order valence-electron chi connectivity index (χ3n) is 3.65. The van der Waals surface area contributed by atoms with Gasteiger partial charge in [-0.1, -0.05) is 30.9 Å². The summed E-state index contributed by atoms with van der Waals surface area (Å²) in [6.07, 6.45) is 3.52. The molecule has 1 fully saturated rings. The van der Waals surface area contributed by atoms with Gasteiger partial charge in [0.25, 0.3) is 0 Å². The molecule has 5 nitrogen and oxygen atoms in total. The van der Waals surface area contributed by atoms with Gasteiger partial charge in [0.05, 0.1) is 10.7 Å². The summed E-state index contributed by atoms with van der Waals surface area (Å²) in [6.45, 7) is 0. The molecule has 3 N–H and O–H groups in total. The van der Waals surface area contributed by atoms with E-state index in [0.29, 0.717) is 23.6 Å². The second kappa shape index (κ2) is 6.83. The van der Waals surface area contributed by atoms with Crippen molar-refractivity contribution >= 4 is 51.9 Å². The van der Waals surface area contributed by atoms with Gasteiger partial charge < -0.3 is 15.7 Å². The second-order valence-electron chi connectivity index (χ2n) is 5.15. The maximum atomic E-state index is 12.1. The van der Waals surface area contributed by atoms with Crippen LogP contribution in [0.25, 0.3) is 0 Å². The Kier molecular flexibility index (Phi) is 5.32. The Morgan fingerprint density at radius 2 is 1.90 bits per heavy atom. The molecule has 0 bridgehead atoms. The van der Waals surface area contributed by atoms with Gasteiger partial charge in [-0.25, -0.2) is 9.59 Å². The van der Waals surface area contributed by atoms with E-state index in [1.165, 1.54) is 0 Å². The Morgan fingerprint density at radius 1 is 1.24 bits per heavy atom. The highest BCUT2D eigenvalue weighted by atomic mass is 127. The van der Waals surface area contributed by atoms with E-state index in [0.717, 1.165) is 22.8 Å². The van der Waals surface area contributed by atoms with Gasteiger partial charge in [0.2, 0.25) is 0 Å². The molecule has 1 aliphatic carbocycles. The molecule has 7 heteroatoms. The Balaban J connectivity index is 2.07. The predicted molar refractivity (Wildman–Crippen MR) is 89.8 cm³/mol. The molecular weight excluding hydrogens is 407 g/mol. The van der Waals surface area contributed by atoms with Crippen LogP contribution in [-0.4, -0.2) is 22.6 Å². The van der Waals surface area contributed by atoms with Crippen LogP contribution in [0.3, 0.4) is 0 Å². The molecule has 1 aromatic carbocycles. The number of hydrogen-bond donors (Lipinski definition) is 3. The first-order chi connectivity index (χ1) is 9.93. The quantitative estimate of drug-likeness (QED) is 0.647. The number of benzene rings is 1. The molecule has 1 saturated carbocycles. The first kappa shape index (κ1) is 16.4. The van der Waals surface area contributed by atoms with E-state index in [1.807, 2.05) is 6.07 Å². The number of nitrogens with one attached hydrogen (secondary N) is 2. The fraction of sp³-hybridized carbons (Fsp3) is 0.429. The summed E-state index contributed by atoms with van der Waals surface area (Å²) in [4.78, 5) is 23.6. The summed E-state index contributed by atoms with van der Waals surface area (Å²) in [5.74, 6) is -0.981. The number of aliphatic carboxylic acids is 1. The van der Waals surface area contributed by atoms with Gasteiger partial charge in [0, 0.05) is 3.57 Å². The fourth-order valence-electron chi connectivity index (χ4n) is 2.51. The number of urea groups is 1. The van der Waals surface area contributed by atoms with Crippen molar-refractivity contribution in [2.24, 2.45) is 0 Å². The lowest BCUT2D eigenvalue weighted by Crippen LogP contribution is -2.56. The van der Waals surface area contributed by atoms with Crippen molar-refractivity contribution in [2.75, 3.05) is 5.32 Å². The lowest BCUT2D eigenvalue weighted by molar-refractivity contribution is -0.145. The minimum Gasteiger partial charge on any atom is -0.480 e. The van der Waals surface area contributed by atoms with Crippen molar-refractivity contribution in [1.29, 1.82) is 0 Å². The minimum absolute atomic E-state index is 0.421. The van der Waals surface area contributed by atoms with E-state index in [9.17, 15) is 14.7 Å². The van der Waals surface area contributed by atoms with Gasteiger partial charge in [0.1, 0.15) is 5.54 Å². The van der Waals surface area contributed by atoms with Gasteiger partial charge in [-0.3, -0.25) is 0 Å². The summed E-state index contributed by atoms with van der Waals surface area (Å²) in [5, 5.41) is 15.1. The number of carbonyl (C=O) groups is 2. The van der Waals surface area contributed by atoms with E-state index >= 15 is 0 Å². The minimum atomic E-state index is -1.17. The van der Waals surface area contributed by atoms with E-state index in [2.05, 4.69) is 33.2 Å². The molecule has 21 heavy (non-hydrogen) atoms. The maximum absolute atomic E-state index is 12.1. The molecule has 0 aromatic heterocycles. The molecule has 2 amide bonds. The molecule has 114 valence electrons. The smallest absolute Gasteiger partial charge is 0.329 e. The maximum Gasteiger partial charge on any atom is 0.329 e. The predicted octanol–water partition coefficient (Wildman–Crippen LogP) is 3.85. The molecule has 0 atom stereocenters. The number of amides is 2. The fourth-order valence-corrected chi connectivity index (χ4v) is 3.41. The van der Waals surface area contributed by atoms with Crippen LogP contribution in [0.1, 0.15) is 32.1 Å². The second-order valence-corrected chi connectivity index (χ2v) is 6.80. The molecule has 1 aromatic rings. The van der Waals surface area contributed by atoms with Crippen LogP contribution >= 0.6 is 34.2 Å². The monoisotopic (exact) mass is 422 g/mol. The summed E-state index contributed by atoms with van der Waals surface area (Å²) in [6, 6.07) is 4.70. The SMILES string of the molecule is O=C(Nc1ccc(I)cc1Cl)NC1(C(=O)O)CCCCC1. The van der Waals surface area contributed by atoms with Gasteiger partial charge in [-0.05, 0) is 53.6 Å². The molecule has 0 unspecified atom stereocenters. The van der Waals surface area contributed by atoms with Gasteiger partial charge >= 0.3 is 12.0 Å². The normalized spacial score (nSPS) is 17.0. The van der Waals surface area contributed by atoms with Crippen LogP contribution in [-0.2, 0) is 4.79 Å². The van der Waals surface area contributed by atoms with Crippen LogP contribution in [0, 0.1) is 3.57 Å². The van der Waals surface area contributed by atoms with Gasteiger partial charge in [-0.15, -0.1) is 0 Å². The topological polar surface area (TPSA) is 78.4 Å². The standard InChI is InChI=1S/C14H16ClIN2O3/c15-10-8-9(16)4-5-11(10)17-13(21)18-14(12(19)20)6-2-1-3-7-14/h4-5,8H,1-3,6-7H2,(H,19,20)(H2,17,18,21). The molecule has 0 saturated heterocycles. The first-order valence-electron chi connectivity index (χ1n) is 6.70. The number of carboxylic acids is 1. The summed E-state index contributed by atoms with van der Waals surface area (Å²) >= 11 is 8.17. The van der Waals surface area contributed by atoms with Crippen LogP contribution < -0.4 is 10.6 Å². The average Bonchev–Trinajstić information content (AvgIpc) is 2.43. The van der Waals surface area contributed by atoms with Crippen molar-refractivity contribution in [3.05, 3.63) is 26.8 Å². The molecule has 0 radical (unpaired) electrons. The van der Waals surface area contributed by atoms with Crippen molar-refractivity contribution in [3.8, 4) is 0 Å². The largest absolute Gasteiger partial charge is 0.480 e. The zero-order valence-corrected chi connectivity index (χ0v) is 14.2. The van der Waals surface area contributed by atoms with Gasteiger partial charge in [-0.2, -0.15) is 0 Å². The number of carbonyl (C=O) groups excluding carboxylic acids is 1. The Hall–Kier alpha value is -1.02. The Morgan fingerprint density at radius 3 is 2.48 bits per heavy atom. The molecule has 0 aliphatic heterocycles. The third kappa shape index (κ3) is 4.00. The molecular formula is C14H16ClIN2O3. The third-order valence-corrected chi connectivity index (χ3v) is 4.63. The van der Waals surface area contributed by atoms with E-state index in [-0.39, 0.29) is 0 Å². The van der Waals surface area contributed by atoms with E-state index in [1.54, 1.807) is 12.1 Å². The van der Waals surface area contributed by atoms with Crippen LogP contribution in [0.15, 0.2) is 18.2 Å². The van der Waals surface area contributed by atoms with Crippen molar-refractivity contribution in [2.45, 2.75) is 37.6 Å². The number of halogens is 2. The summed E-state index contributed by atoms with van der Waals surface area (Å²) < 4.78 is 0.956. The highest BCUT2D eigenvalue weighted by Gasteiger charge is 2.41. The number of anilines is 1. The Bertz CT molecular complexity index is 559. The molecule has 0 heterocycles. The number of carboxylic acid groups (broad SMARTS) is 1. The zero-order chi connectivity index (χ0) is 15.5. The average molecular weight is 423 g/mol. The number of rotatable bonds is 3. The lowest BCUT2D eigenvalue weighted by atomic mass is 9.82. The molecule has 0 spiro atoms. The highest BCUT2D eigenvalue weighted by Crippen LogP contribution is 2.29. The molecule has 2 rings (SSSR count). The summed E-state index contributed by atoms with van der Waals surface area (Å²) in [7, 11) is 0.